The lowest BCUT2D eigenvalue weighted by atomic mass is 10.2. The summed E-state index contributed by atoms with van der Waals surface area (Å²) < 4.78 is 10.6. The van der Waals surface area contributed by atoms with E-state index in [2.05, 4.69) is 0 Å². The number of furan rings is 1. The molecule has 0 saturated heterocycles. The number of carboxylic acids is 1. The van der Waals surface area contributed by atoms with Crippen molar-refractivity contribution in [1.82, 2.24) is 0 Å². The van der Waals surface area contributed by atoms with Gasteiger partial charge in [-0.1, -0.05) is 11.6 Å². The van der Waals surface area contributed by atoms with Gasteiger partial charge in [0.2, 0.25) is 0 Å². The maximum Gasteiger partial charge on any atom is 0.328 e. The van der Waals surface area contributed by atoms with Gasteiger partial charge in [0.05, 0.1) is 12.1 Å². The second-order valence-electron chi connectivity index (χ2n) is 3.72. The van der Waals surface area contributed by atoms with Crippen molar-refractivity contribution < 1.29 is 19.1 Å². The fourth-order valence-corrected chi connectivity index (χ4v) is 1.83. The summed E-state index contributed by atoms with van der Waals surface area (Å²) in [6.45, 7) is 0. The number of aliphatic carboxylic acids is 1. The van der Waals surface area contributed by atoms with E-state index in [9.17, 15) is 4.79 Å². The van der Waals surface area contributed by atoms with E-state index in [1.165, 1.54) is 6.08 Å². The van der Waals surface area contributed by atoms with Crippen LogP contribution in [0.15, 0.2) is 40.8 Å². The molecule has 0 fully saturated rings. The second-order valence-corrected chi connectivity index (χ2v) is 4.13. The number of carbonyl (C=O) groups is 1. The van der Waals surface area contributed by atoms with E-state index >= 15 is 0 Å². The molecule has 1 N–H and O–H groups in total. The van der Waals surface area contributed by atoms with Crippen LogP contribution in [0, 0.1) is 0 Å². The summed E-state index contributed by atoms with van der Waals surface area (Å²) in [7, 11) is 1.54. The third-order valence-electron chi connectivity index (χ3n) is 2.45. The highest BCUT2D eigenvalue weighted by Gasteiger charge is 2.07. The van der Waals surface area contributed by atoms with Gasteiger partial charge in [0.1, 0.15) is 17.3 Å². The number of halogens is 1. The Morgan fingerprint density at radius 3 is 2.79 bits per heavy atom. The molecular formula is C14H11ClO4. The Bertz CT molecular complexity index is 628. The van der Waals surface area contributed by atoms with Gasteiger partial charge in [-0.3, -0.25) is 0 Å². The number of rotatable bonds is 4. The van der Waals surface area contributed by atoms with E-state index in [1.54, 1.807) is 31.4 Å². The molecule has 2 rings (SSSR count). The van der Waals surface area contributed by atoms with Gasteiger partial charge in [-0.2, -0.15) is 0 Å². The number of methoxy groups -OCH3 is 1. The van der Waals surface area contributed by atoms with Gasteiger partial charge >= 0.3 is 5.97 Å². The molecule has 0 aliphatic carbocycles. The Kier molecular flexibility index (Phi) is 3.92. The lowest BCUT2D eigenvalue weighted by molar-refractivity contribution is -0.131. The SMILES string of the molecule is COc1ccc(-c2ccc(C=CC(=O)O)o2)cc1Cl. The highest BCUT2D eigenvalue weighted by molar-refractivity contribution is 6.32. The van der Waals surface area contributed by atoms with Crippen LogP contribution in [-0.4, -0.2) is 18.2 Å². The van der Waals surface area contributed by atoms with Crippen LogP contribution >= 0.6 is 11.6 Å². The molecule has 0 amide bonds. The summed E-state index contributed by atoms with van der Waals surface area (Å²) >= 11 is 6.03. The smallest absolute Gasteiger partial charge is 0.328 e. The molecule has 0 atom stereocenters. The zero-order chi connectivity index (χ0) is 13.8. The third-order valence-corrected chi connectivity index (χ3v) is 2.75. The summed E-state index contributed by atoms with van der Waals surface area (Å²) in [6, 6.07) is 8.72. The monoisotopic (exact) mass is 278 g/mol. The van der Waals surface area contributed by atoms with Crippen molar-refractivity contribution >= 4 is 23.6 Å². The second kappa shape index (κ2) is 5.63. The number of hydrogen-bond donors (Lipinski definition) is 1. The first kappa shape index (κ1) is 13.2. The van der Waals surface area contributed by atoms with Crippen LogP contribution in [0.5, 0.6) is 5.75 Å². The van der Waals surface area contributed by atoms with Crippen LogP contribution in [0.25, 0.3) is 17.4 Å². The minimum atomic E-state index is -1.02. The number of ether oxygens (including phenoxy) is 1. The molecule has 4 nitrogen and oxygen atoms in total. The molecule has 0 aliphatic heterocycles. The maximum absolute atomic E-state index is 10.4. The Morgan fingerprint density at radius 2 is 2.16 bits per heavy atom. The predicted molar refractivity (Wildman–Crippen MR) is 72.4 cm³/mol. The zero-order valence-corrected chi connectivity index (χ0v) is 10.8. The molecule has 19 heavy (non-hydrogen) atoms. The summed E-state index contributed by atoms with van der Waals surface area (Å²) in [5, 5.41) is 9.02. The van der Waals surface area contributed by atoms with Crippen LogP contribution in [0.1, 0.15) is 5.76 Å². The van der Waals surface area contributed by atoms with Crippen molar-refractivity contribution in [2.45, 2.75) is 0 Å². The largest absolute Gasteiger partial charge is 0.495 e. The van der Waals surface area contributed by atoms with Gasteiger partial charge in [-0.25, -0.2) is 4.79 Å². The van der Waals surface area contributed by atoms with E-state index in [0.29, 0.717) is 22.3 Å². The van der Waals surface area contributed by atoms with Crippen molar-refractivity contribution in [1.29, 1.82) is 0 Å². The predicted octanol–water partition coefficient (Wildman–Crippen LogP) is 3.71. The molecule has 0 radical (unpaired) electrons. The van der Waals surface area contributed by atoms with E-state index < -0.39 is 5.97 Å². The highest BCUT2D eigenvalue weighted by atomic mass is 35.5. The van der Waals surface area contributed by atoms with Gasteiger partial charge in [0, 0.05) is 11.6 Å². The molecule has 0 saturated carbocycles. The van der Waals surface area contributed by atoms with Crippen molar-refractivity contribution in [2.75, 3.05) is 7.11 Å². The quantitative estimate of drug-likeness (QED) is 0.866. The molecule has 5 heteroatoms. The molecule has 1 aromatic carbocycles. The molecular weight excluding hydrogens is 268 g/mol. The Morgan fingerprint density at radius 1 is 1.37 bits per heavy atom. The van der Waals surface area contributed by atoms with E-state index in [4.69, 9.17) is 25.9 Å². The standard InChI is InChI=1S/C14H11ClO4/c1-18-13-5-2-9(8-11(13)15)12-6-3-10(19-12)4-7-14(16)17/h2-8H,1H3,(H,16,17). The summed E-state index contributed by atoms with van der Waals surface area (Å²) in [4.78, 5) is 10.4. The minimum absolute atomic E-state index is 0.462. The molecule has 0 bridgehead atoms. The van der Waals surface area contributed by atoms with E-state index in [0.717, 1.165) is 11.6 Å². The highest BCUT2D eigenvalue weighted by Crippen LogP contribution is 2.31. The fourth-order valence-electron chi connectivity index (χ4n) is 1.57. The number of hydrogen-bond acceptors (Lipinski definition) is 3. The first-order chi connectivity index (χ1) is 9.10. The third kappa shape index (κ3) is 3.17. The van der Waals surface area contributed by atoms with Crippen LogP contribution in [0.3, 0.4) is 0 Å². The average Bonchev–Trinajstić information content (AvgIpc) is 2.85. The molecule has 1 aromatic heterocycles. The lowest BCUT2D eigenvalue weighted by Crippen LogP contribution is -1.85. The summed E-state index contributed by atoms with van der Waals surface area (Å²) in [5.74, 6) is 0.632. The van der Waals surface area contributed by atoms with E-state index in [1.807, 2.05) is 6.07 Å². The maximum atomic E-state index is 10.4. The van der Waals surface area contributed by atoms with Crippen molar-refractivity contribution in [3.05, 3.63) is 47.2 Å². The molecule has 2 aromatic rings. The van der Waals surface area contributed by atoms with Crippen LogP contribution in [0.2, 0.25) is 5.02 Å². The van der Waals surface area contributed by atoms with Crippen LogP contribution in [-0.2, 0) is 4.79 Å². The normalized spacial score (nSPS) is 10.8. The van der Waals surface area contributed by atoms with E-state index in [-0.39, 0.29) is 0 Å². The first-order valence-electron chi connectivity index (χ1n) is 5.45. The average molecular weight is 279 g/mol. The fraction of sp³-hybridized carbons (Fsp3) is 0.0714. The Hall–Kier alpha value is -2.20. The minimum Gasteiger partial charge on any atom is -0.495 e. The molecule has 0 unspecified atom stereocenters. The molecule has 0 spiro atoms. The number of carboxylic acid groups (broad SMARTS) is 1. The van der Waals surface area contributed by atoms with Crippen LogP contribution in [0.4, 0.5) is 0 Å². The zero-order valence-electron chi connectivity index (χ0n) is 10.1. The van der Waals surface area contributed by atoms with Crippen molar-refractivity contribution in [3.63, 3.8) is 0 Å². The topological polar surface area (TPSA) is 59.7 Å². The van der Waals surface area contributed by atoms with Crippen LogP contribution < -0.4 is 4.74 Å². The number of benzene rings is 1. The Balaban J connectivity index is 2.27. The molecule has 1 heterocycles. The summed E-state index contributed by atoms with van der Waals surface area (Å²) in [5.41, 5.74) is 0.792. The molecule has 0 aliphatic rings. The Labute approximate surface area is 114 Å². The van der Waals surface area contributed by atoms with Crippen molar-refractivity contribution in [2.24, 2.45) is 0 Å². The molecule has 98 valence electrons. The van der Waals surface area contributed by atoms with Gasteiger partial charge in [-0.05, 0) is 36.4 Å². The van der Waals surface area contributed by atoms with Gasteiger partial charge in [-0.15, -0.1) is 0 Å². The van der Waals surface area contributed by atoms with Gasteiger partial charge in [0.25, 0.3) is 0 Å². The van der Waals surface area contributed by atoms with Crippen molar-refractivity contribution in [3.8, 4) is 17.1 Å². The van der Waals surface area contributed by atoms with Gasteiger partial charge in [0.15, 0.2) is 0 Å². The lowest BCUT2D eigenvalue weighted by Gasteiger charge is -2.03. The first-order valence-corrected chi connectivity index (χ1v) is 5.82. The van der Waals surface area contributed by atoms with Gasteiger partial charge < -0.3 is 14.3 Å². The summed E-state index contributed by atoms with van der Waals surface area (Å²) in [6.07, 6.45) is 2.40.